The van der Waals surface area contributed by atoms with Crippen LogP contribution in [0.3, 0.4) is 0 Å². The maximum absolute atomic E-state index is 12.8. The van der Waals surface area contributed by atoms with Gasteiger partial charge >= 0.3 is 0 Å². The largest absolute Gasteiger partial charge is 0.350 e. The lowest BCUT2D eigenvalue weighted by atomic mass is 10.1. The molecule has 0 aliphatic carbocycles. The maximum atomic E-state index is 12.8. The molecule has 0 unspecified atom stereocenters. The minimum Gasteiger partial charge on any atom is -0.350 e. The van der Waals surface area contributed by atoms with E-state index in [0.29, 0.717) is 0 Å². The first kappa shape index (κ1) is 17.5. The van der Waals surface area contributed by atoms with Crippen LogP contribution in [-0.2, 0) is 19.6 Å². The first-order chi connectivity index (χ1) is 10.5. The molecule has 1 atom stereocenters. The van der Waals surface area contributed by atoms with Crippen molar-refractivity contribution in [2.24, 2.45) is 0 Å². The van der Waals surface area contributed by atoms with Crippen LogP contribution >= 0.6 is 0 Å². The van der Waals surface area contributed by atoms with Crippen molar-refractivity contribution in [3.05, 3.63) is 29.8 Å². The number of aryl methyl sites for hydroxylation is 1. The number of sulfonamides is 1. The van der Waals surface area contributed by atoms with Gasteiger partial charge in [-0.25, -0.2) is 12.7 Å². The van der Waals surface area contributed by atoms with E-state index in [9.17, 15) is 18.0 Å². The molecular weight excluding hydrogens is 316 g/mol. The number of hydrogen-bond acceptors (Lipinski definition) is 4. The molecule has 1 aromatic rings. The van der Waals surface area contributed by atoms with Crippen molar-refractivity contribution < 1.29 is 18.0 Å². The van der Waals surface area contributed by atoms with Crippen molar-refractivity contribution in [2.45, 2.75) is 57.0 Å². The highest BCUT2D eigenvalue weighted by atomic mass is 32.2. The molecule has 1 aromatic carbocycles. The average Bonchev–Trinajstić information content (AvgIpc) is 2.80. The average molecular weight is 338 g/mol. The van der Waals surface area contributed by atoms with E-state index in [1.807, 2.05) is 6.92 Å². The van der Waals surface area contributed by atoms with Crippen LogP contribution < -0.4 is 5.32 Å². The van der Waals surface area contributed by atoms with Crippen LogP contribution in [0, 0.1) is 6.92 Å². The first-order valence-electron chi connectivity index (χ1n) is 7.48. The van der Waals surface area contributed by atoms with Crippen molar-refractivity contribution in [3.8, 4) is 0 Å². The molecule has 6 nitrogen and oxygen atoms in total. The second-order valence-corrected chi connectivity index (χ2v) is 8.62. The fourth-order valence-electron chi connectivity index (χ4n) is 2.48. The lowest BCUT2D eigenvalue weighted by Crippen LogP contribution is -2.52. The van der Waals surface area contributed by atoms with Crippen LogP contribution in [0.2, 0.25) is 0 Å². The molecule has 0 aromatic heterocycles. The van der Waals surface area contributed by atoms with Crippen molar-refractivity contribution in [1.29, 1.82) is 0 Å². The second-order valence-electron chi connectivity index (χ2n) is 6.80. The summed E-state index contributed by atoms with van der Waals surface area (Å²) in [7, 11) is -4.03. The van der Waals surface area contributed by atoms with Crippen molar-refractivity contribution in [3.63, 3.8) is 0 Å². The van der Waals surface area contributed by atoms with E-state index in [1.165, 1.54) is 12.1 Å². The number of benzene rings is 1. The Morgan fingerprint density at radius 1 is 1.22 bits per heavy atom. The fraction of sp³-hybridized carbons (Fsp3) is 0.500. The van der Waals surface area contributed by atoms with Gasteiger partial charge < -0.3 is 5.32 Å². The van der Waals surface area contributed by atoms with Gasteiger partial charge in [0, 0.05) is 12.0 Å². The summed E-state index contributed by atoms with van der Waals surface area (Å²) >= 11 is 0. The minimum absolute atomic E-state index is 0.0203. The highest BCUT2D eigenvalue weighted by Gasteiger charge is 2.44. The maximum Gasteiger partial charge on any atom is 0.267 e. The normalized spacial score (nSPS) is 19.0. The molecule has 0 bridgehead atoms. The predicted octanol–water partition coefficient (Wildman–Crippen LogP) is 1.59. The molecule has 2 rings (SSSR count). The Kier molecular flexibility index (Phi) is 4.52. The van der Waals surface area contributed by atoms with Crippen LogP contribution in [0.1, 0.15) is 39.2 Å². The third-order valence-corrected chi connectivity index (χ3v) is 5.38. The molecule has 1 heterocycles. The van der Waals surface area contributed by atoms with E-state index in [1.54, 1.807) is 32.9 Å². The van der Waals surface area contributed by atoms with E-state index >= 15 is 0 Å². The van der Waals surface area contributed by atoms with Gasteiger partial charge in [0.15, 0.2) is 0 Å². The van der Waals surface area contributed by atoms with E-state index in [-0.39, 0.29) is 17.7 Å². The Labute approximate surface area is 136 Å². The van der Waals surface area contributed by atoms with Gasteiger partial charge in [-0.05, 0) is 46.2 Å². The number of carbonyl (C=O) groups is 2. The second kappa shape index (κ2) is 5.96. The molecule has 23 heavy (non-hydrogen) atoms. The SMILES string of the molecule is Cc1ccc(S(=O)(=O)N2C(=O)CC[C@H]2C(=O)NC(C)(C)C)cc1. The lowest BCUT2D eigenvalue weighted by molar-refractivity contribution is -0.131. The third kappa shape index (κ3) is 3.72. The first-order valence-corrected chi connectivity index (χ1v) is 8.92. The number of rotatable bonds is 3. The topological polar surface area (TPSA) is 83.6 Å². The Balaban J connectivity index is 2.36. The van der Waals surface area contributed by atoms with Crippen LogP contribution in [0.4, 0.5) is 0 Å². The van der Waals surface area contributed by atoms with Crippen molar-refractivity contribution in [2.75, 3.05) is 0 Å². The third-order valence-electron chi connectivity index (χ3n) is 3.54. The predicted molar refractivity (Wildman–Crippen MR) is 86.1 cm³/mol. The highest BCUT2D eigenvalue weighted by molar-refractivity contribution is 7.89. The van der Waals surface area contributed by atoms with Crippen LogP contribution in [0.5, 0.6) is 0 Å². The highest BCUT2D eigenvalue weighted by Crippen LogP contribution is 2.28. The van der Waals surface area contributed by atoms with Gasteiger partial charge in [-0.2, -0.15) is 0 Å². The molecule has 0 radical (unpaired) electrons. The Morgan fingerprint density at radius 3 is 2.30 bits per heavy atom. The van der Waals surface area contributed by atoms with Crippen LogP contribution in [0.25, 0.3) is 0 Å². The number of amides is 2. The summed E-state index contributed by atoms with van der Waals surface area (Å²) in [6.07, 6.45) is 0.249. The molecule has 1 aliphatic heterocycles. The van der Waals surface area contributed by atoms with Crippen LogP contribution in [0.15, 0.2) is 29.2 Å². The monoisotopic (exact) mass is 338 g/mol. The minimum atomic E-state index is -4.03. The standard InChI is InChI=1S/C16H22N2O4S/c1-11-5-7-12(8-6-11)23(21,22)18-13(9-10-14(18)19)15(20)17-16(2,3)4/h5-8,13H,9-10H2,1-4H3,(H,17,20)/t13-/m0/s1. The molecule has 1 N–H and O–H groups in total. The number of hydrogen-bond donors (Lipinski definition) is 1. The Bertz CT molecular complexity index is 717. The molecule has 0 saturated carbocycles. The summed E-state index contributed by atoms with van der Waals surface area (Å²) in [6, 6.07) is 5.24. The molecule has 1 fully saturated rings. The van der Waals surface area contributed by atoms with E-state index in [4.69, 9.17) is 0 Å². The Morgan fingerprint density at radius 2 is 1.78 bits per heavy atom. The molecule has 1 aliphatic rings. The van der Waals surface area contributed by atoms with Crippen molar-refractivity contribution >= 4 is 21.8 Å². The molecule has 126 valence electrons. The van der Waals surface area contributed by atoms with Gasteiger partial charge in [-0.15, -0.1) is 0 Å². The van der Waals surface area contributed by atoms with Gasteiger partial charge in [-0.3, -0.25) is 9.59 Å². The van der Waals surface area contributed by atoms with Gasteiger partial charge in [0.25, 0.3) is 10.0 Å². The molecule has 0 spiro atoms. The summed E-state index contributed by atoms with van der Waals surface area (Å²) in [5.74, 6) is -0.987. The van der Waals surface area contributed by atoms with Gasteiger partial charge in [-0.1, -0.05) is 17.7 Å². The van der Waals surface area contributed by atoms with E-state index < -0.39 is 33.4 Å². The van der Waals surface area contributed by atoms with Crippen LogP contribution in [-0.4, -0.2) is 36.1 Å². The summed E-state index contributed by atoms with van der Waals surface area (Å²) in [5.41, 5.74) is 0.417. The zero-order chi connectivity index (χ0) is 17.4. The summed E-state index contributed by atoms with van der Waals surface area (Å²) in [6.45, 7) is 7.26. The Hall–Kier alpha value is -1.89. The van der Waals surface area contributed by atoms with Crippen molar-refractivity contribution in [1.82, 2.24) is 9.62 Å². The molecule has 2 amide bonds. The fourth-order valence-corrected chi connectivity index (χ4v) is 4.08. The summed E-state index contributed by atoms with van der Waals surface area (Å²) in [4.78, 5) is 24.5. The quantitative estimate of drug-likeness (QED) is 0.907. The van der Waals surface area contributed by atoms with Gasteiger partial charge in [0.05, 0.1) is 4.90 Å². The summed E-state index contributed by atoms with van der Waals surface area (Å²) in [5, 5.41) is 2.75. The summed E-state index contributed by atoms with van der Waals surface area (Å²) < 4.78 is 26.3. The number of nitrogens with one attached hydrogen (secondary N) is 1. The molecular formula is C16H22N2O4S. The van der Waals surface area contributed by atoms with E-state index in [2.05, 4.69) is 5.32 Å². The molecule has 1 saturated heterocycles. The van der Waals surface area contributed by atoms with E-state index in [0.717, 1.165) is 9.87 Å². The smallest absolute Gasteiger partial charge is 0.267 e. The number of carbonyl (C=O) groups excluding carboxylic acids is 2. The lowest BCUT2D eigenvalue weighted by Gasteiger charge is -2.27. The zero-order valence-corrected chi connectivity index (χ0v) is 14.6. The number of nitrogens with zero attached hydrogens (tertiary/aromatic N) is 1. The zero-order valence-electron chi connectivity index (χ0n) is 13.8. The molecule has 7 heteroatoms. The van der Waals surface area contributed by atoms with Gasteiger partial charge in [0.1, 0.15) is 6.04 Å². The van der Waals surface area contributed by atoms with Gasteiger partial charge in [0.2, 0.25) is 11.8 Å².